The summed E-state index contributed by atoms with van der Waals surface area (Å²) in [6, 6.07) is 22.8. The summed E-state index contributed by atoms with van der Waals surface area (Å²) in [6.45, 7) is 22.3. The molecule has 332 valence electrons. The van der Waals surface area contributed by atoms with E-state index in [-0.39, 0.29) is 59.5 Å². The minimum atomic E-state index is -3.90. The van der Waals surface area contributed by atoms with Crippen LogP contribution in [0.15, 0.2) is 84.9 Å². The minimum Gasteiger partial charge on any atom is -0.478 e. The molecule has 0 atom stereocenters. The number of carbonyl (C=O) groups excluding carboxylic acids is 2. The fraction of sp³-hybridized carbons (Fsp3) is 0.409. The summed E-state index contributed by atoms with van der Waals surface area (Å²) in [7, 11) is -7.79. The van der Waals surface area contributed by atoms with Gasteiger partial charge in [-0.2, -0.15) is 0 Å². The van der Waals surface area contributed by atoms with Crippen LogP contribution in [0.25, 0.3) is 0 Å². The molecule has 6 N–H and O–H groups in total. The number of hydrogen-bond donors (Lipinski definition) is 4. The standard InChI is InChI=1S/C44H62N4O11Si2/c1-27(2)52-60(53-28(3)4,54-29(5)6)58-41-23-21-37(25-39(41)47-43(49)33-13-17-35(45)18-14-33)51-38-22-24-42(40(26-38)48-44(50)34-15-19-36(46)20-16-34)59-61(55-30(7)8,56-31(9)10)57-32(11)12/h13-32H,45-46H2,1-12H3,(H,47,49)(H,48,50). The van der Waals surface area contributed by atoms with Crippen LogP contribution in [0.3, 0.4) is 0 Å². The van der Waals surface area contributed by atoms with Gasteiger partial charge in [0, 0.05) is 71.3 Å². The monoisotopic (exact) mass is 878 g/mol. The lowest BCUT2D eigenvalue weighted by Gasteiger charge is -2.33. The van der Waals surface area contributed by atoms with Crippen LogP contribution in [0.5, 0.6) is 23.0 Å². The van der Waals surface area contributed by atoms with E-state index < -0.39 is 29.9 Å². The lowest BCUT2D eigenvalue weighted by atomic mass is 10.2. The number of hydrogen-bond acceptors (Lipinski definition) is 13. The molecule has 15 nitrogen and oxygen atoms in total. The molecule has 0 heterocycles. The highest BCUT2D eigenvalue weighted by Gasteiger charge is 2.53. The van der Waals surface area contributed by atoms with E-state index in [1.54, 1.807) is 84.9 Å². The number of anilines is 4. The van der Waals surface area contributed by atoms with Crippen molar-refractivity contribution in [2.24, 2.45) is 0 Å². The van der Waals surface area contributed by atoms with Crippen molar-refractivity contribution < 1.29 is 49.7 Å². The van der Waals surface area contributed by atoms with Gasteiger partial charge in [0.05, 0.1) is 11.4 Å². The Labute approximate surface area is 362 Å². The maximum atomic E-state index is 13.7. The van der Waals surface area contributed by atoms with Crippen molar-refractivity contribution >= 4 is 52.7 Å². The van der Waals surface area contributed by atoms with Gasteiger partial charge in [-0.25, -0.2) is 0 Å². The van der Waals surface area contributed by atoms with E-state index in [1.807, 2.05) is 83.1 Å². The van der Waals surface area contributed by atoms with Gasteiger partial charge >= 0.3 is 18.1 Å². The summed E-state index contributed by atoms with van der Waals surface area (Å²) in [4.78, 5) is 27.3. The highest BCUT2D eigenvalue weighted by Crippen LogP contribution is 2.38. The van der Waals surface area contributed by atoms with Gasteiger partial charge in [-0.3, -0.25) is 9.59 Å². The van der Waals surface area contributed by atoms with Gasteiger partial charge in [0.2, 0.25) is 0 Å². The lowest BCUT2D eigenvalue weighted by molar-refractivity contribution is -0.0476. The molecule has 0 aliphatic heterocycles. The van der Waals surface area contributed by atoms with E-state index >= 15 is 0 Å². The van der Waals surface area contributed by atoms with Crippen molar-refractivity contribution in [2.75, 3.05) is 22.1 Å². The summed E-state index contributed by atoms with van der Waals surface area (Å²) < 4.78 is 57.2. The molecule has 0 aromatic heterocycles. The first-order chi connectivity index (χ1) is 28.6. The van der Waals surface area contributed by atoms with E-state index in [9.17, 15) is 9.59 Å². The summed E-state index contributed by atoms with van der Waals surface area (Å²) in [5.41, 5.74) is 14.0. The van der Waals surface area contributed by atoms with Crippen molar-refractivity contribution in [1.29, 1.82) is 0 Å². The largest absolute Gasteiger partial charge is 0.750 e. The van der Waals surface area contributed by atoms with Gasteiger partial charge in [0.25, 0.3) is 11.8 Å². The SMILES string of the molecule is CC(C)O[Si](Oc1ccc(Oc2ccc(O[Si](OC(C)C)(OC(C)C)OC(C)C)c(NC(=O)c3ccc(N)cc3)c2)cc1NC(=O)c1ccc(N)cc1)(OC(C)C)OC(C)C. The van der Waals surface area contributed by atoms with Gasteiger partial charge < -0.3 is 62.2 Å². The molecule has 4 aromatic rings. The second kappa shape index (κ2) is 21.7. The zero-order chi connectivity index (χ0) is 45.1. The summed E-state index contributed by atoms with van der Waals surface area (Å²) in [6.07, 6.45) is -1.92. The van der Waals surface area contributed by atoms with Crippen molar-refractivity contribution in [3.05, 3.63) is 96.1 Å². The van der Waals surface area contributed by atoms with Crippen LogP contribution in [-0.2, 0) is 26.6 Å². The number of benzene rings is 4. The Morgan fingerprint density at radius 2 is 0.721 bits per heavy atom. The number of rotatable bonds is 22. The first-order valence-electron chi connectivity index (χ1n) is 20.4. The van der Waals surface area contributed by atoms with Crippen LogP contribution >= 0.6 is 0 Å². The van der Waals surface area contributed by atoms with E-state index in [4.69, 9.17) is 51.6 Å². The molecule has 0 unspecified atom stereocenters. The molecule has 0 fully saturated rings. The highest BCUT2D eigenvalue weighted by atomic mass is 28.4. The van der Waals surface area contributed by atoms with Crippen molar-refractivity contribution in [3.8, 4) is 23.0 Å². The molecular weight excluding hydrogens is 817 g/mol. The first-order valence-corrected chi connectivity index (χ1v) is 23.7. The minimum absolute atomic E-state index is 0.215. The molecule has 0 radical (unpaired) electrons. The third-order valence-corrected chi connectivity index (χ3v) is 13.2. The molecule has 4 rings (SSSR count). The van der Waals surface area contributed by atoms with Gasteiger partial charge in [0.15, 0.2) is 0 Å². The Bertz CT molecular complexity index is 1850. The fourth-order valence-electron chi connectivity index (χ4n) is 5.62. The molecule has 0 saturated heterocycles. The fourth-order valence-corrected chi connectivity index (χ4v) is 10.6. The van der Waals surface area contributed by atoms with Crippen LogP contribution in [0.1, 0.15) is 104 Å². The molecule has 0 aliphatic carbocycles. The quantitative estimate of drug-likeness (QED) is 0.0432. The molecule has 0 saturated carbocycles. The Morgan fingerprint density at radius 1 is 0.443 bits per heavy atom. The predicted octanol–water partition coefficient (Wildman–Crippen LogP) is 9.33. The number of carbonyl (C=O) groups is 2. The van der Waals surface area contributed by atoms with Crippen LogP contribution in [0.4, 0.5) is 22.7 Å². The molecule has 0 aliphatic rings. The molecule has 0 bridgehead atoms. The van der Waals surface area contributed by atoms with Gasteiger partial charge in [0.1, 0.15) is 23.0 Å². The van der Waals surface area contributed by atoms with Gasteiger partial charge in [-0.05, 0) is 156 Å². The molecule has 4 aromatic carbocycles. The first kappa shape index (κ1) is 48.7. The molecule has 61 heavy (non-hydrogen) atoms. The second-order valence-electron chi connectivity index (χ2n) is 15.8. The molecular formula is C44H62N4O11Si2. The van der Waals surface area contributed by atoms with Crippen molar-refractivity contribution in [3.63, 3.8) is 0 Å². The number of nitrogens with one attached hydrogen (secondary N) is 2. The van der Waals surface area contributed by atoms with E-state index in [2.05, 4.69) is 10.6 Å². The normalized spacial score (nSPS) is 12.2. The predicted molar refractivity (Wildman–Crippen MR) is 241 cm³/mol. The van der Waals surface area contributed by atoms with E-state index in [0.717, 1.165) is 0 Å². The third kappa shape index (κ3) is 15.2. The number of ether oxygens (including phenoxy) is 1. The Kier molecular flexibility index (Phi) is 17.3. The topological polar surface area (TPSA) is 193 Å². The smallest absolute Gasteiger partial charge is 0.478 e. The summed E-state index contributed by atoms with van der Waals surface area (Å²) >= 11 is 0. The zero-order valence-electron chi connectivity index (χ0n) is 37.2. The van der Waals surface area contributed by atoms with Crippen LogP contribution in [0.2, 0.25) is 0 Å². The highest BCUT2D eigenvalue weighted by molar-refractivity contribution is 6.55. The third-order valence-electron chi connectivity index (χ3n) is 7.73. The van der Waals surface area contributed by atoms with Crippen LogP contribution < -0.4 is 35.7 Å². The zero-order valence-corrected chi connectivity index (χ0v) is 39.2. The second-order valence-corrected chi connectivity index (χ2v) is 19.6. The maximum absolute atomic E-state index is 13.7. The number of nitrogens with two attached hydrogens (primary N) is 2. The Balaban J connectivity index is 1.82. The van der Waals surface area contributed by atoms with Gasteiger partial charge in [-0.15, -0.1) is 0 Å². The molecule has 17 heteroatoms. The number of amides is 2. The number of nitrogen functional groups attached to an aromatic ring is 2. The van der Waals surface area contributed by atoms with Crippen molar-refractivity contribution in [1.82, 2.24) is 0 Å². The van der Waals surface area contributed by atoms with Gasteiger partial charge in [-0.1, -0.05) is 0 Å². The lowest BCUT2D eigenvalue weighted by Crippen LogP contribution is -2.56. The van der Waals surface area contributed by atoms with E-state index in [0.29, 0.717) is 34.0 Å². The Hall–Kier alpha value is -4.99. The average Bonchev–Trinajstić information content (AvgIpc) is 3.12. The van der Waals surface area contributed by atoms with E-state index in [1.165, 1.54) is 0 Å². The molecule has 0 spiro atoms. The average molecular weight is 879 g/mol. The summed E-state index contributed by atoms with van der Waals surface area (Å²) in [5.74, 6) is 0.152. The maximum Gasteiger partial charge on any atom is 0.750 e. The molecule has 2 amide bonds. The summed E-state index contributed by atoms with van der Waals surface area (Å²) in [5, 5.41) is 5.89. The Morgan fingerprint density at radius 3 is 0.984 bits per heavy atom. The van der Waals surface area contributed by atoms with Crippen LogP contribution in [-0.4, -0.2) is 66.5 Å². The van der Waals surface area contributed by atoms with Crippen LogP contribution in [0, 0.1) is 0 Å². The van der Waals surface area contributed by atoms with Crippen molar-refractivity contribution in [2.45, 2.75) is 120 Å².